The van der Waals surface area contributed by atoms with Crippen molar-refractivity contribution in [3.63, 3.8) is 0 Å². The van der Waals surface area contributed by atoms with Crippen LogP contribution in [0.1, 0.15) is 45.6 Å². The maximum Gasteiger partial charge on any atom is 0.387 e. The molecule has 188 valence electrons. The summed E-state index contributed by atoms with van der Waals surface area (Å²) in [4.78, 5) is 44.0. The number of halogens is 2. The van der Waals surface area contributed by atoms with Crippen molar-refractivity contribution >= 4 is 17.8 Å². The maximum absolute atomic E-state index is 13.3. The quantitative estimate of drug-likeness (QED) is 0.478. The van der Waals surface area contributed by atoms with Crippen molar-refractivity contribution in [2.45, 2.75) is 65.4 Å². The zero-order valence-corrected chi connectivity index (χ0v) is 19.9. The normalized spacial score (nSPS) is 22.1. The number of fused-ring (bicyclic) bond motifs is 1. The van der Waals surface area contributed by atoms with Crippen LogP contribution in [0.5, 0.6) is 5.75 Å². The van der Waals surface area contributed by atoms with Gasteiger partial charge in [0, 0.05) is 26.1 Å². The fraction of sp³-hybridized carbons (Fsp3) is 0.625. The monoisotopic (exact) mass is 481 g/mol. The van der Waals surface area contributed by atoms with Gasteiger partial charge in [-0.2, -0.15) is 8.78 Å². The molecule has 1 aromatic rings. The van der Waals surface area contributed by atoms with Gasteiger partial charge in [0.05, 0.1) is 19.6 Å². The molecule has 10 heteroatoms. The number of rotatable bonds is 10. The largest absolute Gasteiger partial charge is 0.466 e. The lowest BCUT2D eigenvalue weighted by Gasteiger charge is -2.52. The van der Waals surface area contributed by atoms with E-state index in [-0.39, 0.29) is 49.1 Å². The van der Waals surface area contributed by atoms with Gasteiger partial charge in [-0.1, -0.05) is 32.4 Å². The van der Waals surface area contributed by atoms with Gasteiger partial charge in [-0.05, 0) is 30.5 Å². The summed E-state index contributed by atoms with van der Waals surface area (Å²) < 4.78 is 34.4. The highest BCUT2D eigenvalue weighted by Gasteiger charge is 2.48. The van der Waals surface area contributed by atoms with Crippen molar-refractivity contribution in [2.24, 2.45) is 5.92 Å². The van der Waals surface area contributed by atoms with E-state index in [9.17, 15) is 23.2 Å². The standard InChI is InChI=1S/C24H33F2N3O5/c1-4-16(3)13-28-15-20-27(14-17-6-8-18(9-7-17)34-24(25)26)11-10-21(30)29(20)19(23(28)32)12-22(31)33-5-2/h6-9,16,19-20,24H,4-5,10-15H2,1-3H3. The molecular weight excluding hydrogens is 448 g/mol. The summed E-state index contributed by atoms with van der Waals surface area (Å²) in [6.45, 7) is 4.97. The van der Waals surface area contributed by atoms with Crippen LogP contribution in [0.3, 0.4) is 0 Å². The molecule has 3 unspecified atom stereocenters. The molecule has 2 amide bonds. The SMILES string of the molecule is CCOC(=O)CC1C(=O)N(CC(C)CC)CC2N(Cc3ccc(OC(F)F)cc3)CCC(=O)N12. The maximum atomic E-state index is 13.3. The Kier molecular flexibility index (Phi) is 8.82. The van der Waals surface area contributed by atoms with Crippen LogP contribution in [0.4, 0.5) is 8.78 Å². The lowest BCUT2D eigenvalue weighted by molar-refractivity contribution is -0.174. The summed E-state index contributed by atoms with van der Waals surface area (Å²) in [5, 5.41) is 0. The highest BCUT2D eigenvalue weighted by atomic mass is 19.3. The molecule has 0 aromatic heterocycles. The number of ether oxygens (including phenoxy) is 2. The summed E-state index contributed by atoms with van der Waals surface area (Å²) in [5.74, 6) is -0.550. The average Bonchev–Trinajstić information content (AvgIpc) is 2.79. The zero-order valence-electron chi connectivity index (χ0n) is 19.9. The number of carbonyl (C=O) groups excluding carboxylic acids is 3. The van der Waals surface area contributed by atoms with Crippen LogP contribution in [-0.4, -0.2) is 77.5 Å². The van der Waals surface area contributed by atoms with Gasteiger partial charge in [-0.25, -0.2) is 0 Å². The molecule has 2 aliphatic heterocycles. The Morgan fingerprint density at radius 2 is 1.88 bits per heavy atom. The third-order valence-corrected chi connectivity index (χ3v) is 6.39. The number of alkyl halides is 2. The number of amides is 2. The van der Waals surface area contributed by atoms with Gasteiger partial charge in [0.1, 0.15) is 18.0 Å². The Morgan fingerprint density at radius 3 is 2.50 bits per heavy atom. The van der Waals surface area contributed by atoms with E-state index < -0.39 is 18.6 Å². The summed E-state index contributed by atoms with van der Waals surface area (Å²) in [5.41, 5.74) is 0.864. The Morgan fingerprint density at radius 1 is 1.18 bits per heavy atom. The fourth-order valence-corrected chi connectivity index (χ4v) is 4.49. The molecule has 3 atom stereocenters. The molecule has 1 aromatic carbocycles. The number of carbonyl (C=O) groups is 3. The highest BCUT2D eigenvalue weighted by molar-refractivity contribution is 5.92. The van der Waals surface area contributed by atoms with E-state index in [0.29, 0.717) is 26.2 Å². The first-order chi connectivity index (χ1) is 16.2. The third kappa shape index (κ3) is 6.22. The van der Waals surface area contributed by atoms with E-state index in [2.05, 4.69) is 23.5 Å². The molecule has 0 aliphatic carbocycles. The van der Waals surface area contributed by atoms with E-state index in [1.54, 1.807) is 28.9 Å². The second-order valence-corrected chi connectivity index (χ2v) is 8.81. The van der Waals surface area contributed by atoms with Crippen molar-refractivity contribution in [1.82, 2.24) is 14.7 Å². The highest BCUT2D eigenvalue weighted by Crippen LogP contribution is 2.29. The lowest BCUT2D eigenvalue weighted by Crippen LogP contribution is -2.70. The van der Waals surface area contributed by atoms with Crippen molar-refractivity contribution in [1.29, 1.82) is 0 Å². The van der Waals surface area contributed by atoms with E-state index in [4.69, 9.17) is 4.74 Å². The van der Waals surface area contributed by atoms with Crippen LogP contribution in [0.15, 0.2) is 24.3 Å². The minimum absolute atomic E-state index is 0.0756. The first-order valence-electron chi connectivity index (χ1n) is 11.8. The molecule has 34 heavy (non-hydrogen) atoms. The molecule has 0 saturated carbocycles. The van der Waals surface area contributed by atoms with E-state index in [0.717, 1.165) is 12.0 Å². The first kappa shape index (κ1) is 25.9. The van der Waals surface area contributed by atoms with Gasteiger partial charge in [0.25, 0.3) is 0 Å². The van der Waals surface area contributed by atoms with Gasteiger partial charge in [-0.15, -0.1) is 0 Å². The first-order valence-corrected chi connectivity index (χ1v) is 11.8. The van der Waals surface area contributed by atoms with Crippen LogP contribution in [0.25, 0.3) is 0 Å². The number of piperazine rings is 1. The second-order valence-electron chi connectivity index (χ2n) is 8.81. The van der Waals surface area contributed by atoms with Gasteiger partial charge in [0.2, 0.25) is 11.8 Å². The molecule has 2 heterocycles. The fourth-order valence-electron chi connectivity index (χ4n) is 4.49. The zero-order chi connectivity index (χ0) is 24.8. The van der Waals surface area contributed by atoms with Gasteiger partial charge >= 0.3 is 12.6 Å². The molecule has 3 rings (SSSR count). The van der Waals surface area contributed by atoms with Gasteiger partial charge < -0.3 is 19.3 Å². The molecule has 2 fully saturated rings. The number of benzene rings is 1. The van der Waals surface area contributed by atoms with Crippen LogP contribution in [0.2, 0.25) is 0 Å². The van der Waals surface area contributed by atoms with Crippen LogP contribution >= 0.6 is 0 Å². The van der Waals surface area contributed by atoms with Gasteiger partial charge in [0.15, 0.2) is 0 Å². The summed E-state index contributed by atoms with van der Waals surface area (Å²) >= 11 is 0. The molecule has 0 radical (unpaired) electrons. The second kappa shape index (κ2) is 11.6. The molecule has 2 aliphatic rings. The number of hydrogen-bond donors (Lipinski definition) is 0. The van der Waals surface area contributed by atoms with Crippen molar-refractivity contribution in [3.8, 4) is 5.75 Å². The predicted octanol–water partition coefficient (Wildman–Crippen LogP) is 2.86. The Bertz CT molecular complexity index is 867. The van der Waals surface area contributed by atoms with E-state index in [1.807, 2.05) is 0 Å². The minimum Gasteiger partial charge on any atom is -0.466 e. The van der Waals surface area contributed by atoms with E-state index in [1.165, 1.54) is 12.1 Å². The van der Waals surface area contributed by atoms with E-state index >= 15 is 0 Å². The van der Waals surface area contributed by atoms with Crippen molar-refractivity contribution in [3.05, 3.63) is 29.8 Å². The van der Waals surface area contributed by atoms with Crippen LogP contribution in [0, 0.1) is 5.92 Å². The lowest BCUT2D eigenvalue weighted by atomic mass is 9.99. The number of esters is 1. The molecule has 0 spiro atoms. The van der Waals surface area contributed by atoms with Crippen LogP contribution < -0.4 is 4.74 Å². The Balaban J connectivity index is 1.84. The summed E-state index contributed by atoms with van der Waals surface area (Å²) in [7, 11) is 0. The summed E-state index contributed by atoms with van der Waals surface area (Å²) in [6.07, 6.45) is 0.552. The number of nitrogens with zero attached hydrogens (tertiary/aromatic N) is 3. The molecule has 2 saturated heterocycles. The molecule has 8 nitrogen and oxygen atoms in total. The van der Waals surface area contributed by atoms with Crippen LogP contribution in [-0.2, 0) is 25.7 Å². The smallest absolute Gasteiger partial charge is 0.387 e. The minimum atomic E-state index is -2.89. The molecule has 0 N–H and O–H groups in total. The molecular formula is C24H33F2N3O5. The number of hydrogen-bond acceptors (Lipinski definition) is 6. The molecule has 0 bridgehead atoms. The van der Waals surface area contributed by atoms with Crippen molar-refractivity contribution < 1.29 is 32.6 Å². The third-order valence-electron chi connectivity index (χ3n) is 6.39. The van der Waals surface area contributed by atoms with Gasteiger partial charge in [-0.3, -0.25) is 19.3 Å². The summed E-state index contributed by atoms with van der Waals surface area (Å²) in [6, 6.07) is 5.48. The average molecular weight is 482 g/mol. The Hall–Kier alpha value is -2.75. The predicted molar refractivity (Wildman–Crippen MR) is 120 cm³/mol. The topological polar surface area (TPSA) is 79.4 Å². The Labute approximate surface area is 198 Å². The van der Waals surface area contributed by atoms with Crippen molar-refractivity contribution in [2.75, 3.05) is 26.2 Å².